The van der Waals surface area contributed by atoms with E-state index in [4.69, 9.17) is 17.2 Å². The molecule has 0 aliphatic rings. The average Bonchev–Trinajstić information content (AvgIpc) is 3.29. The summed E-state index contributed by atoms with van der Waals surface area (Å²) in [4.78, 5) is 68.4. The molecule has 11 N–H and O–H groups in total. The highest BCUT2D eigenvalue weighted by Gasteiger charge is 2.31. The summed E-state index contributed by atoms with van der Waals surface area (Å²) in [7, 11) is 0. The summed E-state index contributed by atoms with van der Waals surface area (Å²) in [5.41, 5.74) is 17.1. The van der Waals surface area contributed by atoms with Crippen LogP contribution < -0.4 is 33.2 Å². The monoisotopic (exact) mass is 510 g/mol. The molecule has 0 aliphatic heterocycles. The number of aromatic nitrogens is 2. The Labute approximate surface area is 209 Å². The van der Waals surface area contributed by atoms with Crippen molar-refractivity contribution in [3.05, 3.63) is 18.2 Å². The Balaban J connectivity index is 3.02. The van der Waals surface area contributed by atoms with Crippen LogP contribution in [0.4, 0.5) is 0 Å². The van der Waals surface area contributed by atoms with Crippen molar-refractivity contribution in [2.45, 2.75) is 76.5 Å². The highest BCUT2D eigenvalue weighted by molar-refractivity contribution is 5.96. The smallest absolute Gasteiger partial charge is 0.326 e. The number of H-pyrrole nitrogens is 1. The molecule has 202 valence electrons. The van der Waals surface area contributed by atoms with Gasteiger partial charge in [-0.1, -0.05) is 13.8 Å². The maximum atomic E-state index is 13.1. The second-order valence-electron chi connectivity index (χ2n) is 8.99. The first-order valence-corrected chi connectivity index (χ1v) is 11.8. The third-order valence-electron chi connectivity index (χ3n) is 5.27. The maximum absolute atomic E-state index is 13.1. The number of carboxylic acid groups (broad SMARTS) is 1. The highest BCUT2D eigenvalue weighted by Crippen LogP contribution is 2.07. The molecule has 1 aromatic heterocycles. The van der Waals surface area contributed by atoms with Gasteiger partial charge in [-0.3, -0.25) is 19.2 Å². The van der Waals surface area contributed by atoms with Gasteiger partial charge in [0.25, 0.3) is 0 Å². The van der Waals surface area contributed by atoms with Crippen LogP contribution in [-0.2, 0) is 30.4 Å². The Kier molecular flexibility index (Phi) is 13.1. The number of imidazole rings is 1. The summed E-state index contributed by atoms with van der Waals surface area (Å²) >= 11 is 0. The number of carbonyl (C=O) groups excluding carboxylic acids is 4. The second-order valence-corrected chi connectivity index (χ2v) is 8.99. The van der Waals surface area contributed by atoms with Crippen LogP contribution >= 0.6 is 0 Å². The molecule has 0 aromatic carbocycles. The second kappa shape index (κ2) is 15.5. The van der Waals surface area contributed by atoms with Gasteiger partial charge in [0.15, 0.2) is 0 Å². The number of carbonyl (C=O) groups is 5. The summed E-state index contributed by atoms with van der Waals surface area (Å²) < 4.78 is 0. The van der Waals surface area contributed by atoms with Gasteiger partial charge in [-0.25, -0.2) is 9.78 Å². The molecular formula is C22H38N8O6. The van der Waals surface area contributed by atoms with E-state index in [1.807, 2.05) is 13.8 Å². The molecule has 1 aromatic rings. The summed E-state index contributed by atoms with van der Waals surface area (Å²) in [5, 5.41) is 16.7. The Hall–Kier alpha value is -3.52. The van der Waals surface area contributed by atoms with E-state index in [0.29, 0.717) is 31.5 Å². The van der Waals surface area contributed by atoms with E-state index >= 15 is 0 Å². The molecule has 36 heavy (non-hydrogen) atoms. The molecule has 4 atom stereocenters. The molecule has 4 unspecified atom stereocenters. The molecule has 0 radical (unpaired) electrons. The molecule has 1 rings (SSSR count). The van der Waals surface area contributed by atoms with Crippen molar-refractivity contribution in [3.8, 4) is 0 Å². The minimum atomic E-state index is -1.46. The molecule has 0 bridgehead atoms. The number of aliphatic carboxylic acids is 1. The fraction of sp³-hybridized carbons (Fsp3) is 0.636. The van der Waals surface area contributed by atoms with Crippen molar-refractivity contribution in [1.82, 2.24) is 25.9 Å². The first-order chi connectivity index (χ1) is 16.9. The minimum Gasteiger partial charge on any atom is -0.480 e. The van der Waals surface area contributed by atoms with Crippen LogP contribution in [0.15, 0.2) is 12.5 Å². The first-order valence-electron chi connectivity index (χ1n) is 11.8. The van der Waals surface area contributed by atoms with Gasteiger partial charge in [0, 0.05) is 18.3 Å². The van der Waals surface area contributed by atoms with Crippen molar-refractivity contribution >= 4 is 29.6 Å². The quantitative estimate of drug-likeness (QED) is 0.106. The van der Waals surface area contributed by atoms with Crippen LogP contribution in [0.3, 0.4) is 0 Å². The first kappa shape index (κ1) is 30.5. The number of amides is 4. The minimum absolute atomic E-state index is 0.00623. The lowest BCUT2D eigenvalue weighted by atomic mass is 10.0. The lowest BCUT2D eigenvalue weighted by Crippen LogP contribution is -2.58. The Bertz CT molecular complexity index is 876. The van der Waals surface area contributed by atoms with Gasteiger partial charge in [0.05, 0.1) is 18.8 Å². The third kappa shape index (κ3) is 11.3. The largest absolute Gasteiger partial charge is 0.480 e. The van der Waals surface area contributed by atoms with Crippen molar-refractivity contribution in [2.24, 2.45) is 23.1 Å². The van der Waals surface area contributed by atoms with Crippen LogP contribution in [-0.4, -0.2) is 75.4 Å². The van der Waals surface area contributed by atoms with Gasteiger partial charge in [0.2, 0.25) is 23.6 Å². The Morgan fingerprint density at radius 2 is 1.61 bits per heavy atom. The number of unbranched alkanes of at least 4 members (excludes halogenated alkanes) is 1. The van der Waals surface area contributed by atoms with E-state index in [0.717, 1.165) is 0 Å². The van der Waals surface area contributed by atoms with Crippen molar-refractivity contribution < 1.29 is 29.1 Å². The standard InChI is InChI=1S/C22H38N8O6/c1-12(2)7-14(24)19(32)29-16(8-13-10-26-11-27-13)20(33)30-17(9-18(25)31)21(34)28-15(22(35)36)5-3-4-6-23/h10-12,14-17H,3-9,23-24H2,1-2H3,(H2,25,31)(H,26,27)(H,28,34)(H,29,32)(H,30,33)(H,35,36). The number of carboxylic acids is 1. The zero-order valence-electron chi connectivity index (χ0n) is 20.7. The van der Waals surface area contributed by atoms with Crippen LogP contribution in [0.1, 0.15) is 51.6 Å². The van der Waals surface area contributed by atoms with E-state index in [2.05, 4.69) is 25.9 Å². The number of hydrogen-bond donors (Lipinski definition) is 8. The maximum Gasteiger partial charge on any atom is 0.326 e. The Morgan fingerprint density at radius 1 is 1.00 bits per heavy atom. The van der Waals surface area contributed by atoms with Gasteiger partial charge < -0.3 is 43.2 Å². The number of primary amides is 1. The molecule has 0 fully saturated rings. The van der Waals surface area contributed by atoms with Gasteiger partial charge in [0.1, 0.15) is 18.1 Å². The fourth-order valence-corrected chi connectivity index (χ4v) is 3.42. The number of hydrogen-bond acceptors (Lipinski definition) is 8. The van der Waals surface area contributed by atoms with E-state index in [1.165, 1.54) is 12.5 Å². The zero-order valence-corrected chi connectivity index (χ0v) is 20.7. The predicted octanol–water partition coefficient (Wildman–Crippen LogP) is -2.13. The number of aromatic amines is 1. The summed E-state index contributed by atoms with van der Waals surface area (Å²) in [6.45, 7) is 4.16. The molecule has 0 saturated heterocycles. The third-order valence-corrected chi connectivity index (χ3v) is 5.27. The molecule has 1 heterocycles. The van der Waals surface area contributed by atoms with E-state index in [-0.39, 0.29) is 18.8 Å². The SMILES string of the molecule is CC(C)CC(N)C(=O)NC(Cc1cnc[nH]1)C(=O)NC(CC(N)=O)C(=O)NC(CCCCN)C(=O)O. The van der Waals surface area contributed by atoms with Crippen LogP contribution in [0.5, 0.6) is 0 Å². The van der Waals surface area contributed by atoms with Crippen LogP contribution in [0.2, 0.25) is 0 Å². The van der Waals surface area contributed by atoms with Gasteiger partial charge >= 0.3 is 5.97 Å². The molecule has 0 aliphatic carbocycles. The Morgan fingerprint density at radius 3 is 2.14 bits per heavy atom. The van der Waals surface area contributed by atoms with E-state index in [1.54, 1.807) is 0 Å². The van der Waals surface area contributed by atoms with Crippen LogP contribution in [0.25, 0.3) is 0 Å². The van der Waals surface area contributed by atoms with Gasteiger partial charge in [-0.05, 0) is 38.1 Å². The van der Waals surface area contributed by atoms with Crippen molar-refractivity contribution in [2.75, 3.05) is 6.54 Å². The number of nitrogens with one attached hydrogen (secondary N) is 4. The van der Waals surface area contributed by atoms with Crippen LogP contribution in [0, 0.1) is 5.92 Å². The number of rotatable bonds is 17. The average molecular weight is 511 g/mol. The van der Waals surface area contributed by atoms with Crippen molar-refractivity contribution in [1.29, 1.82) is 0 Å². The normalized spacial score (nSPS) is 14.4. The molecule has 4 amide bonds. The van der Waals surface area contributed by atoms with E-state index < -0.39 is 60.2 Å². The number of nitrogens with two attached hydrogens (primary N) is 3. The van der Waals surface area contributed by atoms with Gasteiger partial charge in [-0.2, -0.15) is 0 Å². The summed E-state index contributed by atoms with van der Waals surface area (Å²) in [5.74, 6) is -4.27. The lowest BCUT2D eigenvalue weighted by Gasteiger charge is -2.25. The van der Waals surface area contributed by atoms with Gasteiger partial charge in [-0.15, -0.1) is 0 Å². The topological polar surface area (TPSA) is 248 Å². The summed E-state index contributed by atoms with van der Waals surface area (Å²) in [6, 6.07) is -4.74. The molecule has 0 saturated carbocycles. The fourth-order valence-electron chi connectivity index (χ4n) is 3.42. The lowest BCUT2D eigenvalue weighted by molar-refractivity contribution is -0.142. The molecular weight excluding hydrogens is 472 g/mol. The van der Waals surface area contributed by atoms with E-state index in [9.17, 15) is 29.1 Å². The summed E-state index contributed by atoms with van der Waals surface area (Å²) in [6.07, 6.45) is 3.80. The zero-order chi connectivity index (χ0) is 27.3. The van der Waals surface area contributed by atoms with Crippen molar-refractivity contribution in [3.63, 3.8) is 0 Å². The molecule has 14 heteroatoms. The molecule has 14 nitrogen and oxygen atoms in total. The number of nitrogens with zero attached hydrogens (tertiary/aromatic N) is 1. The highest BCUT2D eigenvalue weighted by atomic mass is 16.4. The molecule has 0 spiro atoms. The predicted molar refractivity (Wildman–Crippen MR) is 130 cm³/mol.